The van der Waals surface area contributed by atoms with E-state index < -0.39 is 5.60 Å². The van der Waals surface area contributed by atoms with Crippen molar-refractivity contribution in [2.24, 2.45) is 17.8 Å². The molecule has 0 radical (unpaired) electrons. The van der Waals surface area contributed by atoms with Crippen LogP contribution in [0.5, 0.6) is 5.75 Å². The monoisotopic (exact) mass is 402 g/mol. The predicted octanol–water partition coefficient (Wildman–Crippen LogP) is 4.58. The lowest BCUT2D eigenvalue weighted by molar-refractivity contribution is -0.142. The summed E-state index contributed by atoms with van der Waals surface area (Å²) >= 11 is 0. The summed E-state index contributed by atoms with van der Waals surface area (Å²) < 4.78 is 11.9. The maximum absolute atomic E-state index is 12.8. The molecule has 3 atom stereocenters. The van der Waals surface area contributed by atoms with E-state index in [2.05, 4.69) is 31.0 Å². The van der Waals surface area contributed by atoms with Crippen LogP contribution in [0.15, 0.2) is 24.3 Å². The number of piperidine rings is 1. The number of nitrogens with zero attached hydrogens (tertiary/aromatic N) is 1. The van der Waals surface area contributed by atoms with Gasteiger partial charge in [-0.25, -0.2) is 0 Å². The van der Waals surface area contributed by atoms with Crippen LogP contribution in [-0.4, -0.2) is 49.3 Å². The summed E-state index contributed by atoms with van der Waals surface area (Å²) in [4.78, 5) is 15.3. The van der Waals surface area contributed by atoms with Crippen molar-refractivity contribution in [3.05, 3.63) is 24.3 Å². The molecule has 2 fully saturated rings. The molecule has 5 heteroatoms. The van der Waals surface area contributed by atoms with Gasteiger partial charge in [0.15, 0.2) is 0 Å². The van der Waals surface area contributed by atoms with Crippen LogP contribution in [0.2, 0.25) is 0 Å². The molecule has 1 heterocycles. The van der Waals surface area contributed by atoms with Crippen molar-refractivity contribution >= 4 is 11.6 Å². The Bertz CT molecular complexity index is 649. The fourth-order valence-corrected chi connectivity index (χ4v) is 4.47. The summed E-state index contributed by atoms with van der Waals surface area (Å²) in [7, 11) is 0. The molecule has 1 saturated carbocycles. The number of hydrogen-bond donors (Lipinski definition) is 1. The molecule has 5 nitrogen and oxygen atoms in total. The van der Waals surface area contributed by atoms with Gasteiger partial charge in [0.25, 0.3) is 5.91 Å². The zero-order valence-corrected chi connectivity index (χ0v) is 18.6. The summed E-state index contributed by atoms with van der Waals surface area (Å²) in [5.74, 6) is 2.66. The molecule has 1 aliphatic heterocycles. The van der Waals surface area contributed by atoms with E-state index in [1.165, 1.54) is 19.5 Å². The van der Waals surface area contributed by atoms with Gasteiger partial charge in [-0.2, -0.15) is 0 Å². The van der Waals surface area contributed by atoms with Crippen molar-refractivity contribution in [3.8, 4) is 5.75 Å². The fourth-order valence-electron chi connectivity index (χ4n) is 4.47. The topological polar surface area (TPSA) is 50.8 Å². The first-order valence-electron chi connectivity index (χ1n) is 11.3. The molecule has 29 heavy (non-hydrogen) atoms. The Labute approximate surface area is 176 Å². The lowest BCUT2D eigenvalue weighted by atomic mass is 9.92. The van der Waals surface area contributed by atoms with Crippen LogP contribution in [0.4, 0.5) is 5.69 Å². The predicted molar refractivity (Wildman–Crippen MR) is 117 cm³/mol. The van der Waals surface area contributed by atoms with Gasteiger partial charge in [0, 0.05) is 31.9 Å². The molecular formula is C24H38N2O3. The van der Waals surface area contributed by atoms with E-state index in [9.17, 15) is 4.79 Å². The van der Waals surface area contributed by atoms with Crippen LogP contribution >= 0.6 is 0 Å². The second kappa shape index (κ2) is 9.94. The van der Waals surface area contributed by atoms with Gasteiger partial charge < -0.3 is 14.8 Å². The molecular weight excluding hydrogens is 364 g/mol. The molecule has 1 N–H and O–H groups in total. The molecule has 0 aromatic heterocycles. The summed E-state index contributed by atoms with van der Waals surface area (Å²) in [6.45, 7) is 13.2. The second-order valence-electron chi connectivity index (χ2n) is 9.26. The minimum absolute atomic E-state index is 0.0459. The fraction of sp³-hybridized carbons (Fsp3) is 0.708. The third kappa shape index (κ3) is 6.19. The van der Waals surface area contributed by atoms with Crippen LogP contribution in [0, 0.1) is 17.8 Å². The van der Waals surface area contributed by atoms with Crippen molar-refractivity contribution in [1.29, 1.82) is 0 Å². The molecule has 1 aliphatic carbocycles. The van der Waals surface area contributed by atoms with Crippen molar-refractivity contribution in [2.75, 3.05) is 38.2 Å². The van der Waals surface area contributed by atoms with Crippen LogP contribution in [0.1, 0.15) is 53.4 Å². The number of hydrogen-bond acceptors (Lipinski definition) is 4. The highest BCUT2D eigenvalue weighted by molar-refractivity contribution is 5.97. The van der Waals surface area contributed by atoms with E-state index in [-0.39, 0.29) is 5.91 Å². The minimum Gasteiger partial charge on any atom is -0.492 e. The highest BCUT2D eigenvalue weighted by Gasteiger charge is 2.48. The number of nitrogens with one attached hydrogen (secondary N) is 1. The zero-order chi connectivity index (χ0) is 20.9. The molecule has 1 aromatic rings. The van der Waals surface area contributed by atoms with Gasteiger partial charge >= 0.3 is 0 Å². The summed E-state index contributed by atoms with van der Waals surface area (Å²) in [6.07, 6.45) is 4.37. The molecule has 162 valence electrons. The average molecular weight is 403 g/mol. The highest BCUT2D eigenvalue weighted by atomic mass is 16.5. The van der Waals surface area contributed by atoms with E-state index in [1.54, 1.807) is 0 Å². The van der Waals surface area contributed by atoms with Gasteiger partial charge in [-0.1, -0.05) is 20.8 Å². The molecule has 0 unspecified atom stereocenters. The Kier molecular flexibility index (Phi) is 7.58. The number of ether oxygens (including phenoxy) is 2. The summed E-state index contributed by atoms with van der Waals surface area (Å²) in [5.41, 5.74) is 0.0569. The number of anilines is 1. The normalized spacial score (nSPS) is 24.7. The Hall–Kier alpha value is -1.59. The maximum Gasteiger partial charge on any atom is 0.256 e. The van der Waals surface area contributed by atoms with Gasteiger partial charge in [-0.15, -0.1) is 0 Å². The number of carbonyl (C=O) groups is 1. The highest BCUT2D eigenvalue weighted by Crippen LogP contribution is 2.42. The van der Waals surface area contributed by atoms with E-state index in [0.29, 0.717) is 19.1 Å². The van der Waals surface area contributed by atoms with E-state index >= 15 is 0 Å². The average Bonchev–Trinajstić information content (AvgIpc) is 3.52. The van der Waals surface area contributed by atoms with Gasteiger partial charge in [-0.3, -0.25) is 9.69 Å². The van der Waals surface area contributed by atoms with Gasteiger partial charge in [-0.05, 0) is 74.6 Å². The first-order chi connectivity index (χ1) is 13.9. The second-order valence-corrected chi connectivity index (χ2v) is 9.26. The molecule has 3 rings (SSSR count). The van der Waals surface area contributed by atoms with Crippen molar-refractivity contribution in [1.82, 2.24) is 4.90 Å². The van der Waals surface area contributed by atoms with E-state index in [4.69, 9.17) is 9.47 Å². The van der Waals surface area contributed by atoms with Crippen molar-refractivity contribution in [3.63, 3.8) is 0 Å². The van der Waals surface area contributed by atoms with Crippen molar-refractivity contribution < 1.29 is 14.3 Å². The minimum atomic E-state index is -0.728. The number of likely N-dealkylation sites (tertiary alicyclic amines) is 1. The number of rotatable bonds is 10. The first kappa shape index (κ1) is 22.1. The lowest BCUT2D eigenvalue weighted by Gasteiger charge is -2.34. The third-order valence-electron chi connectivity index (χ3n) is 6.15. The first-order valence-corrected chi connectivity index (χ1v) is 11.3. The Balaban J connectivity index is 1.46. The van der Waals surface area contributed by atoms with Gasteiger partial charge in [0.2, 0.25) is 0 Å². The Morgan fingerprint density at radius 1 is 1.14 bits per heavy atom. The Morgan fingerprint density at radius 2 is 1.79 bits per heavy atom. The standard InChI is InChI=1S/C24H38N2O3/c1-5-13-29-24(4,20-6-7-20)23(27)25-21-8-10-22(11-9-21)28-14-12-26-16-18(2)15-19(3)17-26/h8-11,18-20H,5-7,12-17H2,1-4H3,(H,25,27)/t18-,19+,24-/m1/s1. The smallest absolute Gasteiger partial charge is 0.256 e. The van der Waals surface area contributed by atoms with Gasteiger partial charge in [0.05, 0.1) is 0 Å². The Morgan fingerprint density at radius 3 is 2.38 bits per heavy atom. The number of amides is 1. The quantitative estimate of drug-likeness (QED) is 0.622. The van der Waals surface area contributed by atoms with Crippen LogP contribution in [-0.2, 0) is 9.53 Å². The zero-order valence-electron chi connectivity index (χ0n) is 18.6. The molecule has 2 aliphatic rings. The summed E-state index contributed by atoms with van der Waals surface area (Å²) in [5, 5.41) is 3.03. The van der Waals surface area contributed by atoms with Gasteiger partial charge in [0.1, 0.15) is 18.0 Å². The molecule has 0 bridgehead atoms. The van der Waals surface area contributed by atoms with Crippen molar-refractivity contribution in [2.45, 2.75) is 59.0 Å². The molecule has 0 spiro atoms. The SMILES string of the molecule is CCCO[C@@](C)(C(=O)Nc1ccc(OCCN2C[C@H](C)C[C@H](C)C2)cc1)C1CC1. The van der Waals surface area contributed by atoms with E-state index in [1.807, 2.05) is 31.2 Å². The van der Waals surface area contributed by atoms with Crippen LogP contribution in [0.3, 0.4) is 0 Å². The third-order valence-corrected chi connectivity index (χ3v) is 6.15. The molecule has 1 saturated heterocycles. The van der Waals surface area contributed by atoms with Crippen LogP contribution < -0.4 is 10.1 Å². The number of benzene rings is 1. The largest absolute Gasteiger partial charge is 0.492 e. The molecule has 1 amide bonds. The number of carbonyl (C=O) groups excluding carboxylic acids is 1. The molecule has 1 aromatic carbocycles. The lowest BCUT2D eigenvalue weighted by Crippen LogP contribution is -2.45. The maximum atomic E-state index is 12.8. The van der Waals surface area contributed by atoms with E-state index in [0.717, 1.165) is 49.1 Å². The summed E-state index contributed by atoms with van der Waals surface area (Å²) in [6, 6.07) is 7.67. The van der Waals surface area contributed by atoms with Crippen LogP contribution in [0.25, 0.3) is 0 Å².